The fourth-order valence-electron chi connectivity index (χ4n) is 3.84. The molecule has 0 saturated carbocycles. The maximum absolute atomic E-state index is 13.4. The van der Waals surface area contributed by atoms with E-state index in [0.717, 1.165) is 16.7 Å². The molecule has 32 heavy (non-hydrogen) atoms. The molecule has 0 fully saturated rings. The Labute approximate surface area is 193 Å². The summed E-state index contributed by atoms with van der Waals surface area (Å²) in [6, 6.07) is 13.3. The highest BCUT2D eigenvalue weighted by molar-refractivity contribution is 7.89. The van der Waals surface area contributed by atoms with Gasteiger partial charge in [0.1, 0.15) is 17.3 Å². The molecule has 170 valence electrons. The Kier molecular flexibility index (Phi) is 6.57. The van der Waals surface area contributed by atoms with E-state index in [4.69, 9.17) is 21.1 Å². The number of ether oxygens (including phenoxy) is 2. The number of aromatic nitrogens is 2. The van der Waals surface area contributed by atoms with Crippen LogP contribution in [-0.2, 0) is 41.6 Å². The second kappa shape index (κ2) is 9.23. The van der Waals surface area contributed by atoms with Crippen molar-refractivity contribution < 1.29 is 17.9 Å². The van der Waals surface area contributed by atoms with E-state index in [2.05, 4.69) is 5.10 Å². The highest BCUT2D eigenvalue weighted by atomic mass is 35.5. The third kappa shape index (κ3) is 4.68. The molecule has 0 N–H and O–H groups in total. The molecular formula is C23H26ClN3O4S. The number of hydrogen-bond acceptors (Lipinski definition) is 5. The van der Waals surface area contributed by atoms with Crippen molar-refractivity contribution in [2.75, 3.05) is 13.2 Å². The van der Waals surface area contributed by atoms with Gasteiger partial charge >= 0.3 is 0 Å². The summed E-state index contributed by atoms with van der Waals surface area (Å²) in [6.45, 7) is 5.15. The van der Waals surface area contributed by atoms with E-state index < -0.39 is 10.0 Å². The number of nitrogens with zero attached hydrogens (tertiary/aromatic N) is 3. The Balaban J connectivity index is 1.51. The van der Waals surface area contributed by atoms with Crippen molar-refractivity contribution in [2.24, 2.45) is 7.05 Å². The maximum Gasteiger partial charge on any atom is 0.247 e. The number of sulfonamides is 1. The van der Waals surface area contributed by atoms with E-state index in [-0.39, 0.29) is 24.6 Å². The van der Waals surface area contributed by atoms with Crippen molar-refractivity contribution in [3.8, 4) is 5.75 Å². The SMILES string of the molecule is Cc1nn(C)c(C)c1S(=O)(=O)N1CCOc2ccc(COCc3ccc(Cl)cc3)cc2C1. The molecular weight excluding hydrogens is 450 g/mol. The minimum Gasteiger partial charge on any atom is -0.492 e. The third-order valence-electron chi connectivity index (χ3n) is 5.56. The molecule has 0 amide bonds. The minimum absolute atomic E-state index is 0.233. The van der Waals surface area contributed by atoms with Crippen molar-refractivity contribution in [1.29, 1.82) is 0 Å². The molecule has 2 aromatic carbocycles. The van der Waals surface area contributed by atoms with Gasteiger partial charge < -0.3 is 9.47 Å². The lowest BCUT2D eigenvalue weighted by molar-refractivity contribution is 0.107. The topological polar surface area (TPSA) is 73.7 Å². The van der Waals surface area contributed by atoms with Crippen molar-refractivity contribution in [3.05, 3.63) is 75.6 Å². The molecule has 4 rings (SSSR count). The van der Waals surface area contributed by atoms with Crippen molar-refractivity contribution in [1.82, 2.24) is 14.1 Å². The molecule has 0 unspecified atom stereocenters. The summed E-state index contributed by atoms with van der Waals surface area (Å²) in [5.74, 6) is 0.698. The molecule has 9 heteroatoms. The first-order chi connectivity index (χ1) is 15.3. The Bertz CT molecular complexity index is 1220. The molecule has 7 nitrogen and oxygen atoms in total. The van der Waals surface area contributed by atoms with Crippen LogP contribution in [0.5, 0.6) is 5.75 Å². The lowest BCUT2D eigenvalue weighted by Gasteiger charge is -2.20. The van der Waals surface area contributed by atoms with Gasteiger partial charge in [0.05, 0.1) is 24.6 Å². The number of hydrogen-bond donors (Lipinski definition) is 0. The smallest absolute Gasteiger partial charge is 0.247 e. The molecule has 2 heterocycles. The van der Waals surface area contributed by atoms with Gasteiger partial charge in [-0.2, -0.15) is 9.40 Å². The van der Waals surface area contributed by atoms with Crippen LogP contribution in [-0.4, -0.2) is 35.7 Å². The van der Waals surface area contributed by atoms with Crippen LogP contribution in [0.4, 0.5) is 0 Å². The number of aryl methyl sites for hydroxylation is 2. The molecule has 0 aliphatic carbocycles. The van der Waals surface area contributed by atoms with Gasteiger partial charge in [-0.15, -0.1) is 0 Å². The Morgan fingerprint density at radius 1 is 1.09 bits per heavy atom. The van der Waals surface area contributed by atoms with Crippen LogP contribution in [0.25, 0.3) is 0 Å². The minimum atomic E-state index is -3.71. The summed E-state index contributed by atoms with van der Waals surface area (Å²) in [4.78, 5) is 0.269. The van der Waals surface area contributed by atoms with Crippen LogP contribution in [0.2, 0.25) is 5.02 Å². The zero-order chi connectivity index (χ0) is 22.9. The monoisotopic (exact) mass is 475 g/mol. The van der Waals surface area contributed by atoms with Gasteiger partial charge in [-0.1, -0.05) is 29.8 Å². The Morgan fingerprint density at radius 3 is 2.47 bits per heavy atom. The summed E-state index contributed by atoms with van der Waals surface area (Å²) in [6.07, 6.45) is 0. The number of rotatable bonds is 6. The van der Waals surface area contributed by atoms with E-state index in [1.165, 1.54) is 4.31 Å². The highest BCUT2D eigenvalue weighted by Crippen LogP contribution is 2.30. The maximum atomic E-state index is 13.4. The summed E-state index contributed by atoms with van der Waals surface area (Å²) in [5, 5.41) is 4.96. The summed E-state index contributed by atoms with van der Waals surface area (Å²) >= 11 is 5.92. The Morgan fingerprint density at radius 2 is 1.78 bits per heavy atom. The van der Waals surface area contributed by atoms with E-state index in [1.807, 2.05) is 42.5 Å². The second-order valence-electron chi connectivity index (χ2n) is 7.87. The van der Waals surface area contributed by atoms with E-state index in [1.54, 1.807) is 25.6 Å². The van der Waals surface area contributed by atoms with Crippen LogP contribution in [0.15, 0.2) is 47.4 Å². The average Bonchev–Trinajstić information content (AvgIpc) is 2.91. The summed E-state index contributed by atoms with van der Waals surface area (Å²) in [5.41, 5.74) is 3.93. The van der Waals surface area contributed by atoms with Gasteiger partial charge in [0.15, 0.2) is 0 Å². The molecule has 0 saturated heterocycles. The first-order valence-electron chi connectivity index (χ1n) is 10.3. The van der Waals surface area contributed by atoms with Gasteiger partial charge in [-0.25, -0.2) is 8.42 Å². The number of fused-ring (bicyclic) bond motifs is 1. The first kappa shape index (κ1) is 22.8. The van der Waals surface area contributed by atoms with Crippen LogP contribution in [0.3, 0.4) is 0 Å². The van der Waals surface area contributed by atoms with Crippen molar-refractivity contribution in [3.63, 3.8) is 0 Å². The standard InChI is InChI=1S/C23H26ClN3O4S/c1-16-23(17(2)26(3)25-16)32(28,29)27-10-11-31-22-9-6-19(12-20(22)13-27)15-30-14-18-4-7-21(24)8-5-18/h4-9,12H,10-11,13-15H2,1-3H3. The Hall–Kier alpha value is -2.39. The molecule has 1 aliphatic heterocycles. The van der Waals surface area contributed by atoms with Crippen LogP contribution >= 0.6 is 11.6 Å². The molecule has 1 aliphatic rings. The normalized spacial score (nSPS) is 14.6. The second-order valence-corrected chi connectivity index (χ2v) is 10.2. The lowest BCUT2D eigenvalue weighted by atomic mass is 10.1. The van der Waals surface area contributed by atoms with Crippen LogP contribution < -0.4 is 4.74 Å². The fraction of sp³-hybridized carbons (Fsp3) is 0.348. The zero-order valence-corrected chi connectivity index (χ0v) is 19.9. The predicted octanol–water partition coefficient (Wildman–Crippen LogP) is 3.99. The largest absolute Gasteiger partial charge is 0.492 e. The molecule has 0 bridgehead atoms. The number of halogens is 1. The van der Waals surface area contributed by atoms with Crippen LogP contribution in [0, 0.1) is 13.8 Å². The number of benzene rings is 2. The van der Waals surface area contributed by atoms with Gasteiger partial charge in [0.25, 0.3) is 0 Å². The molecule has 0 spiro atoms. The van der Waals surface area contributed by atoms with Crippen molar-refractivity contribution >= 4 is 21.6 Å². The average molecular weight is 476 g/mol. The highest BCUT2D eigenvalue weighted by Gasteiger charge is 2.32. The molecule has 1 aromatic heterocycles. The van der Waals surface area contributed by atoms with E-state index in [9.17, 15) is 8.42 Å². The summed E-state index contributed by atoms with van der Waals surface area (Å²) < 4.78 is 41.6. The quantitative estimate of drug-likeness (QED) is 0.539. The van der Waals surface area contributed by atoms with Crippen LogP contribution in [0.1, 0.15) is 28.1 Å². The molecule has 0 atom stereocenters. The molecule has 3 aromatic rings. The van der Waals surface area contributed by atoms with Gasteiger partial charge in [-0.3, -0.25) is 4.68 Å². The van der Waals surface area contributed by atoms with E-state index >= 15 is 0 Å². The van der Waals surface area contributed by atoms with Gasteiger partial charge in [0, 0.05) is 30.7 Å². The molecule has 0 radical (unpaired) electrons. The zero-order valence-electron chi connectivity index (χ0n) is 18.3. The third-order valence-corrected chi connectivity index (χ3v) is 7.91. The predicted molar refractivity (Wildman–Crippen MR) is 122 cm³/mol. The van der Waals surface area contributed by atoms with E-state index in [0.29, 0.717) is 35.4 Å². The summed E-state index contributed by atoms with van der Waals surface area (Å²) in [7, 11) is -1.96. The first-order valence-corrected chi connectivity index (χ1v) is 12.1. The fourth-order valence-corrected chi connectivity index (χ4v) is 5.77. The van der Waals surface area contributed by atoms with Gasteiger partial charge in [-0.05, 0) is 49.2 Å². The van der Waals surface area contributed by atoms with Gasteiger partial charge in [0.2, 0.25) is 10.0 Å². The lowest BCUT2D eigenvalue weighted by Crippen LogP contribution is -2.33. The van der Waals surface area contributed by atoms with Crippen molar-refractivity contribution in [2.45, 2.75) is 38.5 Å².